The highest BCUT2D eigenvalue weighted by Gasteiger charge is 2.20. The molecule has 2 aromatic carbocycles. The third kappa shape index (κ3) is 4.83. The molecule has 2 heterocycles. The summed E-state index contributed by atoms with van der Waals surface area (Å²) in [7, 11) is 2.96. The van der Waals surface area contributed by atoms with E-state index in [1.54, 1.807) is 30.3 Å². The largest absolute Gasteiger partial charge is 0.497 e. The van der Waals surface area contributed by atoms with Gasteiger partial charge in [0.05, 0.1) is 25.9 Å². The minimum Gasteiger partial charge on any atom is -0.497 e. The Hall–Kier alpha value is -3.85. The van der Waals surface area contributed by atoms with E-state index in [0.29, 0.717) is 35.4 Å². The van der Waals surface area contributed by atoms with Gasteiger partial charge in [-0.25, -0.2) is 4.68 Å². The molecule has 33 heavy (non-hydrogen) atoms. The van der Waals surface area contributed by atoms with Crippen LogP contribution in [-0.2, 0) is 4.74 Å². The second-order valence-corrected chi connectivity index (χ2v) is 7.65. The Bertz CT molecular complexity index is 1220. The number of aromatic nitrogens is 1. The van der Waals surface area contributed by atoms with Crippen molar-refractivity contribution in [2.45, 2.75) is 18.9 Å². The van der Waals surface area contributed by atoms with Gasteiger partial charge in [-0.3, -0.25) is 19.8 Å². The number of ether oxygens (including phenoxy) is 3. The second kappa shape index (κ2) is 9.74. The molecule has 1 aliphatic heterocycles. The minimum atomic E-state index is -0.560. The number of amides is 2. The lowest BCUT2D eigenvalue weighted by Gasteiger charge is -2.15. The van der Waals surface area contributed by atoms with Gasteiger partial charge in [-0.2, -0.15) is 0 Å². The number of carbonyl (C=O) groups excluding carboxylic acids is 2. The first-order valence-corrected chi connectivity index (χ1v) is 10.6. The average Bonchev–Trinajstić information content (AvgIpc) is 3.37. The van der Waals surface area contributed by atoms with Crippen molar-refractivity contribution in [3.05, 3.63) is 70.1 Å². The minimum absolute atomic E-state index is 0.0196. The molecule has 1 aromatic heterocycles. The lowest BCUT2D eigenvalue weighted by atomic mass is 10.1. The zero-order valence-corrected chi connectivity index (χ0v) is 18.4. The summed E-state index contributed by atoms with van der Waals surface area (Å²) in [6, 6.07) is 11.5. The molecule has 0 spiro atoms. The molecule has 2 amide bonds. The van der Waals surface area contributed by atoms with Crippen molar-refractivity contribution in [3.8, 4) is 11.5 Å². The number of carbonyl (C=O) groups is 2. The van der Waals surface area contributed by atoms with Crippen LogP contribution in [0, 0.1) is 0 Å². The summed E-state index contributed by atoms with van der Waals surface area (Å²) in [6.07, 6.45) is 3.18. The fraction of sp³-hybridized carbons (Fsp3) is 0.292. The highest BCUT2D eigenvalue weighted by atomic mass is 16.5. The quantitative estimate of drug-likeness (QED) is 0.571. The van der Waals surface area contributed by atoms with Gasteiger partial charge in [0.25, 0.3) is 17.4 Å². The monoisotopic (exact) mass is 451 g/mol. The van der Waals surface area contributed by atoms with E-state index in [9.17, 15) is 14.4 Å². The van der Waals surface area contributed by atoms with Gasteiger partial charge in [-0.15, -0.1) is 0 Å². The Kier molecular flexibility index (Phi) is 6.60. The molecule has 0 aliphatic carbocycles. The standard InChI is InChI=1S/C24H25N3O6/c1-31-17-10-15(11-18(12-17)32-2)22(28)26-27-14-21(19-7-3-4-8-20(19)24(27)30)23(29)25-13-16-6-5-9-33-16/h3-4,7-8,10-12,14,16H,5-6,9,13H2,1-2H3,(H,25,29)(H,26,28)/t16-/m1/s1. The second-order valence-electron chi connectivity index (χ2n) is 7.65. The van der Waals surface area contributed by atoms with Crippen molar-refractivity contribution in [1.29, 1.82) is 0 Å². The molecule has 1 saturated heterocycles. The summed E-state index contributed by atoms with van der Waals surface area (Å²) in [5, 5.41) is 3.68. The van der Waals surface area contributed by atoms with Gasteiger partial charge in [0.2, 0.25) is 0 Å². The molecule has 9 heteroatoms. The lowest BCUT2D eigenvalue weighted by Crippen LogP contribution is -2.36. The molecule has 1 atom stereocenters. The Labute approximate surface area is 190 Å². The maximum Gasteiger partial charge on any atom is 0.277 e. The van der Waals surface area contributed by atoms with Crippen LogP contribution in [0.4, 0.5) is 0 Å². The first-order valence-electron chi connectivity index (χ1n) is 10.6. The van der Waals surface area contributed by atoms with Crippen molar-refractivity contribution in [2.75, 3.05) is 32.8 Å². The normalized spacial score (nSPS) is 15.3. The Balaban J connectivity index is 1.66. The molecule has 172 valence electrons. The average molecular weight is 451 g/mol. The van der Waals surface area contributed by atoms with E-state index in [0.717, 1.165) is 17.5 Å². The van der Waals surface area contributed by atoms with Gasteiger partial charge in [0.1, 0.15) is 11.5 Å². The molecule has 0 radical (unpaired) electrons. The smallest absolute Gasteiger partial charge is 0.277 e. The summed E-state index contributed by atoms with van der Waals surface area (Å²) in [5.41, 5.74) is 2.61. The number of nitrogens with one attached hydrogen (secondary N) is 2. The molecule has 0 bridgehead atoms. The van der Waals surface area contributed by atoms with E-state index in [-0.39, 0.29) is 23.1 Å². The number of rotatable bonds is 7. The van der Waals surface area contributed by atoms with Crippen molar-refractivity contribution in [2.24, 2.45) is 0 Å². The first kappa shape index (κ1) is 22.3. The van der Waals surface area contributed by atoms with Crippen molar-refractivity contribution in [1.82, 2.24) is 9.99 Å². The molecule has 1 aliphatic rings. The van der Waals surface area contributed by atoms with Gasteiger partial charge in [0.15, 0.2) is 0 Å². The predicted molar refractivity (Wildman–Crippen MR) is 123 cm³/mol. The van der Waals surface area contributed by atoms with Crippen LogP contribution in [0.15, 0.2) is 53.5 Å². The summed E-state index contributed by atoms with van der Waals surface area (Å²) >= 11 is 0. The molecule has 0 saturated carbocycles. The summed E-state index contributed by atoms with van der Waals surface area (Å²) in [4.78, 5) is 38.9. The van der Waals surface area contributed by atoms with Crippen LogP contribution in [0.5, 0.6) is 11.5 Å². The zero-order valence-electron chi connectivity index (χ0n) is 18.4. The molecule has 3 aromatic rings. The number of nitrogens with zero attached hydrogens (tertiary/aromatic N) is 1. The van der Waals surface area contributed by atoms with Crippen molar-refractivity contribution >= 4 is 22.6 Å². The molecular formula is C24H25N3O6. The highest BCUT2D eigenvalue weighted by Crippen LogP contribution is 2.23. The number of benzene rings is 2. The zero-order chi connectivity index (χ0) is 23.4. The van der Waals surface area contributed by atoms with Gasteiger partial charge >= 0.3 is 0 Å². The third-order valence-electron chi connectivity index (χ3n) is 5.52. The van der Waals surface area contributed by atoms with Gasteiger partial charge in [-0.1, -0.05) is 18.2 Å². The maximum absolute atomic E-state index is 13.0. The number of fused-ring (bicyclic) bond motifs is 1. The highest BCUT2D eigenvalue weighted by molar-refractivity contribution is 6.07. The van der Waals surface area contributed by atoms with Gasteiger partial charge in [-0.05, 0) is 31.0 Å². The van der Waals surface area contributed by atoms with Crippen LogP contribution in [0.2, 0.25) is 0 Å². The fourth-order valence-electron chi connectivity index (χ4n) is 3.78. The summed E-state index contributed by atoms with van der Waals surface area (Å²) < 4.78 is 17.0. The molecule has 0 unspecified atom stereocenters. The van der Waals surface area contributed by atoms with Crippen LogP contribution in [0.1, 0.15) is 33.6 Å². The Morgan fingerprint density at radius 3 is 2.39 bits per heavy atom. The SMILES string of the molecule is COc1cc(OC)cc(C(=O)Nn2cc(C(=O)NC[C@H]3CCCO3)c3ccccc3c2=O)c1. The van der Waals surface area contributed by atoms with E-state index >= 15 is 0 Å². The maximum atomic E-state index is 13.0. The summed E-state index contributed by atoms with van der Waals surface area (Å²) in [5.74, 6) is -0.0536. The van der Waals surface area contributed by atoms with E-state index in [2.05, 4.69) is 10.7 Å². The molecule has 2 N–H and O–H groups in total. The van der Waals surface area contributed by atoms with Gasteiger partial charge in [0, 0.05) is 41.8 Å². The lowest BCUT2D eigenvalue weighted by molar-refractivity contribution is 0.0858. The van der Waals surface area contributed by atoms with Crippen LogP contribution >= 0.6 is 0 Å². The number of hydrogen-bond acceptors (Lipinski definition) is 6. The fourth-order valence-corrected chi connectivity index (χ4v) is 3.78. The number of methoxy groups -OCH3 is 2. The third-order valence-corrected chi connectivity index (χ3v) is 5.52. The van der Waals surface area contributed by atoms with E-state index < -0.39 is 11.5 Å². The predicted octanol–water partition coefficient (Wildman–Crippen LogP) is 2.31. The van der Waals surface area contributed by atoms with Crippen LogP contribution in [-0.4, -0.2) is 50.0 Å². The summed E-state index contributed by atoms with van der Waals surface area (Å²) in [6.45, 7) is 1.07. The topological polar surface area (TPSA) is 108 Å². The van der Waals surface area contributed by atoms with Crippen molar-refractivity contribution in [3.63, 3.8) is 0 Å². The molecular weight excluding hydrogens is 426 g/mol. The van der Waals surface area contributed by atoms with Crippen LogP contribution in [0.3, 0.4) is 0 Å². The molecule has 4 rings (SSSR count). The Morgan fingerprint density at radius 2 is 1.76 bits per heavy atom. The first-order chi connectivity index (χ1) is 16.0. The van der Waals surface area contributed by atoms with Gasteiger partial charge < -0.3 is 19.5 Å². The number of hydrogen-bond donors (Lipinski definition) is 2. The van der Waals surface area contributed by atoms with E-state index in [4.69, 9.17) is 14.2 Å². The van der Waals surface area contributed by atoms with Crippen LogP contribution in [0.25, 0.3) is 10.8 Å². The molecule has 1 fully saturated rings. The van der Waals surface area contributed by atoms with Crippen LogP contribution < -0.4 is 25.8 Å². The number of pyridine rings is 1. The Morgan fingerprint density at radius 1 is 1.06 bits per heavy atom. The van der Waals surface area contributed by atoms with E-state index in [1.807, 2.05) is 0 Å². The van der Waals surface area contributed by atoms with E-state index in [1.165, 1.54) is 32.5 Å². The molecule has 9 nitrogen and oxygen atoms in total. The van der Waals surface area contributed by atoms with Crippen molar-refractivity contribution < 1.29 is 23.8 Å².